The summed E-state index contributed by atoms with van der Waals surface area (Å²) in [5.74, 6) is -1.52. The first kappa shape index (κ1) is 13.6. The Morgan fingerprint density at radius 3 is 2.89 bits per heavy atom. The zero-order valence-electron chi connectivity index (χ0n) is 11.2. The van der Waals surface area contributed by atoms with Gasteiger partial charge in [0.05, 0.1) is 17.2 Å². The maximum Gasteiger partial charge on any atom is 0.308 e. The summed E-state index contributed by atoms with van der Waals surface area (Å²) < 4.78 is 1.61. The van der Waals surface area contributed by atoms with Gasteiger partial charge in [-0.3, -0.25) is 14.3 Å². The van der Waals surface area contributed by atoms with Gasteiger partial charge < -0.3 is 10.4 Å². The molecule has 0 aliphatic heterocycles. The lowest BCUT2D eigenvalue weighted by molar-refractivity contribution is -0.142. The Balaban J connectivity index is 2.10. The second kappa shape index (κ2) is 5.42. The predicted molar refractivity (Wildman–Crippen MR) is 68.8 cm³/mol. The Morgan fingerprint density at radius 1 is 1.53 bits per heavy atom. The summed E-state index contributed by atoms with van der Waals surface area (Å²) in [7, 11) is 1.77. The van der Waals surface area contributed by atoms with Crippen molar-refractivity contribution in [2.24, 2.45) is 13.0 Å². The first-order chi connectivity index (χ1) is 9.02. The van der Waals surface area contributed by atoms with Crippen molar-refractivity contribution in [2.75, 3.05) is 0 Å². The standard InChI is InChI=1S/C13H19N3O3/c1-3-10-9(7-16(2)15-10)12(17)14-11-6-4-5-8(11)13(18)19/h7-8,11H,3-6H2,1-2H3,(H,14,17)(H,18,19). The minimum atomic E-state index is -0.829. The van der Waals surface area contributed by atoms with Crippen molar-refractivity contribution in [3.05, 3.63) is 17.5 Å². The van der Waals surface area contributed by atoms with E-state index in [1.54, 1.807) is 17.9 Å². The topological polar surface area (TPSA) is 84.2 Å². The number of carbonyl (C=O) groups is 2. The molecule has 0 saturated heterocycles. The van der Waals surface area contributed by atoms with E-state index in [0.717, 1.165) is 18.5 Å². The third-order valence-corrected chi connectivity index (χ3v) is 3.63. The molecule has 0 bridgehead atoms. The van der Waals surface area contributed by atoms with Crippen LogP contribution in [0.1, 0.15) is 42.2 Å². The monoisotopic (exact) mass is 265 g/mol. The molecule has 0 aromatic carbocycles. The maximum atomic E-state index is 12.2. The fraction of sp³-hybridized carbons (Fsp3) is 0.615. The lowest BCUT2D eigenvalue weighted by Crippen LogP contribution is -2.40. The van der Waals surface area contributed by atoms with Crippen LogP contribution in [-0.4, -0.2) is 32.8 Å². The number of carboxylic acids is 1. The lowest BCUT2D eigenvalue weighted by Gasteiger charge is -2.17. The molecule has 1 heterocycles. The van der Waals surface area contributed by atoms with Crippen LogP contribution in [0.3, 0.4) is 0 Å². The lowest BCUT2D eigenvalue weighted by atomic mass is 10.0. The van der Waals surface area contributed by atoms with E-state index in [2.05, 4.69) is 10.4 Å². The van der Waals surface area contributed by atoms with Gasteiger partial charge in [-0.2, -0.15) is 5.10 Å². The average Bonchev–Trinajstić information content (AvgIpc) is 2.95. The summed E-state index contributed by atoms with van der Waals surface area (Å²) in [5, 5.41) is 16.2. The number of rotatable bonds is 4. The molecule has 1 aliphatic carbocycles. The average molecular weight is 265 g/mol. The SMILES string of the molecule is CCc1nn(C)cc1C(=O)NC1CCCC1C(=O)O. The molecule has 6 nitrogen and oxygen atoms in total. The first-order valence-electron chi connectivity index (χ1n) is 6.59. The van der Waals surface area contributed by atoms with Gasteiger partial charge in [0.1, 0.15) is 0 Å². The van der Waals surface area contributed by atoms with Gasteiger partial charge in [0.2, 0.25) is 0 Å². The highest BCUT2D eigenvalue weighted by Crippen LogP contribution is 2.26. The molecule has 104 valence electrons. The Kier molecular flexibility index (Phi) is 3.87. The number of amides is 1. The van der Waals surface area contributed by atoms with Crippen LogP contribution in [0.25, 0.3) is 0 Å². The second-order valence-corrected chi connectivity index (χ2v) is 4.97. The van der Waals surface area contributed by atoms with Crippen LogP contribution in [0.5, 0.6) is 0 Å². The molecule has 1 amide bonds. The van der Waals surface area contributed by atoms with E-state index >= 15 is 0 Å². The van der Waals surface area contributed by atoms with E-state index in [4.69, 9.17) is 5.11 Å². The minimum absolute atomic E-state index is 0.219. The Labute approximate surface area is 111 Å². The third kappa shape index (κ3) is 2.77. The number of hydrogen-bond donors (Lipinski definition) is 2. The van der Waals surface area contributed by atoms with Crippen molar-refractivity contribution >= 4 is 11.9 Å². The summed E-state index contributed by atoms with van der Waals surface area (Å²) in [6.07, 6.45) is 4.56. The molecule has 2 rings (SSSR count). The van der Waals surface area contributed by atoms with Crippen LogP contribution < -0.4 is 5.32 Å². The van der Waals surface area contributed by atoms with Crippen LogP contribution in [0, 0.1) is 5.92 Å². The normalized spacial score (nSPS) is 22.4. The molecule has 1 aliphatic rings. The van der Waals surface area contributed by atoms with E-state index < -0.39 is 11.9 Å². The molecule has 2 N–H and O–H groups in total. The fourth-order valence-electron chi connectivity index (χ4n) is 2.66. The molecule has 1 fully saturated rings. The van der Waals surface area contributed by atoms with Crippen molar-refractivity contribution in [1.82, 2.24) is 15.1 Å². The van der Waals surface area contributed by atoms with Gasteiger partial charge in [-0.1, -0.05) is 13.3 Å². The molecule has 0 radical (unpaired) electrons. The zero-order valence-corrected chi connectivity index (χ0v) is 11.2. The van der Waals surface area contributed by atoms with Crippen LogP contribution in [0.4, 0.5) is 0 Å². The van der Waals surface area contributed by atoms with E-state index in [0.29, 0.717) is 18.4 Å². The van der Waals surface area contributed by atoms with E-state index in [1.165, 1.54) is 0 Å². The van der Waals surface area contributed by atoms with Crippen molar-refractivity contribution in [3.63, 3.8) is 0 Å². The number of nitrogens with zero attached hydrogens (tertiary/aromatic N) is 2. The van der Waals surface area contributed by atoms with Crippen molar-refractivity contribution < 1.29 is 14.7 Å². The highest BCUT2D eigenvalue weighted by atomic mass is 16.4. The molecule has 2 atom stereocenters. The van der Waals surface area contributed by atoms with E-state index in [9.17, 15) is 9.59 Å². The van der Waals surface area contributed by atoms with Gasteiger partial charge in [0, 0.05) is 19.3 Å². The van der Waals surface area contributed by atoms with Crippen molar-refractivity contribution in [3.8, 4) is 0 Å². The number of carboxylic acid groups (broad SMARTS) is 1. The summed E-state index contributed by atoms with van der Waals surface area (Å²) >= 11 is 0. The van der Waals surface area contributed by atoms with Crippen LogP contribution in [0.15, 0.2) is 6.20 Å². The van der Waals surface area contributed by atoms with Gasteiger partial charge in [-0.15, -0.1) is 0 Å². The molecular weight excluding hydrogens is 246 g/mol. The molecule has 6 heteroatoms. The van der Waals surface area contributed by atoms with Crippen LogP contribution >= 0.6 is 0 Å². The van der Waals surface area contributed by atoms with E-state index in [-0.39, 0.29) is 11.9 Å². The number of nitrogens with one attached hydrogen (secondary N) is 1. The third-order valence-electron chi connectivity index (χ3n) is 3.63. The Bertz CT molecular complexity index is 495. The summed E-state index contributed by atoms with van der Waals surface area (Å²) in [6.45, 7) is 1.94. The largest absolute Gasteiger partial charge is 0.481 e. The number of carbonyl (C=O) groups excluding carboxylic acids is 1. The fourth-order valence-corrected chi connectivity index (χ4v) is 2.66. The molecule has 1 aromatic heterocycles. The zero-order chi connectivity index (χ0) is 14.0. The smallest absolute Gasteiger partial charge is 0.308 e. The van der Waals surface area contributed by atoms with Gasteiger partial charge >= 0.3 is 5.97 Å². The molecule has 19 heavy (non-hydrogen) atoms. The van der Waals surface area contributed by atoms with Crippen molar-refractivity contribution in [2.45, 2.75) is 38.6 Å². The number of hydrogen-bond acceptors (Lipinski definition) is 3. The number of aromatic nitrogens is 2. The molecule has 1 aromatic rings. The predicted octanol–water partition coefficient (Wildman–Crippen LogP) is 0.966. The number of aryl methyl sites for hydroxylation is 2. The molecular formula is C13H19N3O3. The number of aliphatic carboxylic acids is 1. The molecule has 0 spiro atoms. The maximum absolute atomic E-state index is 12.2. The minimum Gasteiger partial charge on any atom is -0.481 e. The van der Waals surface area contributed by atoms with E-state index in [1.807, 2.05) is 6.92 Å². The quantitative estimate of drug-likeness (QED) is 0.849. The highest BCUT2D eigenvalue weighted by molar-refractivity contribution is 5.95. The van der Waals surface area contributed by atoms with Gasteiger partial charge in [0.15, 0.2) is 0 Å². The molecule has 2 unspecified atom stereocenters. The van der Waals surface area contributed by atoms with Crippen molar-refractivity contribution in [1.29, 1.82) is 0 Å². The van der Waals surface area contributed by atoms with Crippen LogP contribution in [-0.2, 0) is 18.3 Å². The highest BCUT2D eigenvalue weighted by Gasteiger charge is 2.34. The van der Waals surface area contributed by atoms with Gasteiger partial charge in [0.25, 0.3) is 5.91 Å². The van der Waals surface area contributed by atoms with Gasteiger partial charge in [-0.25, -0.2) is 0 Å². The summed E-state index contributed by atoms with van der Waals surface area (Å²) in [5.41, 5.74) is 1.28. The summed E-state index contributed by atoms with van der Waals surface area (Å²) in [4.78, 5) is 23.3. The Morgan fingerprint density at radius 2 is 2.26 bits per heavy atom. The van der Waals surface area contributed by atoms with Crippen LogP contribution in [0.2, 0.25) is 0 Å². The first-order valence-corrected chi connectivity index (χ1v) is 6.59. The second-order valence-electron chi connectivity index (χ2n) is 4.97. The Hall–Kier alpha value is -1.85. The molecule has 1 saturated carbocycles. The summed E-state index contributed by atoms with van der Waals surface area (Å²) in [6, 6.07) is -0.269. The van der Waals surface area contributed by atoms with Gasteiger partial charge in [-0.05, 0) is 19.3 Å².